The Bertz CT molecular complexity index is 928. The second-order valence-electron chi connectivity index (χ2n) is 9.26. The number of nitrogens with one attached hydrogen (secondary N) is 1. The molecule has 0 spiro atoms. The van der Waals surface area contributed by atoms with Gasteiger partial charge in [0.15, 0.2) is 0 Å². The molecule has 1 aliphatic carbocycles. The Kier molecular flexibility index (Phi) is 7.63. The number of hydrogen-bond acceptors (Lipinski definition) is 4. The summed E-state index contributed by atoms with van der Waals surface area (Å²) >= 11 is 0. The van der Waals surface area contributed by atoms with Crippen LogP contribution in [0.5, 0.6) is 5.75 Å². The monoisotopic (exact) mass is 436 g/mol. The molecule has 2 heterocycles. The van der Waals surface area contributed by atoms with Crippen molar-refractivity contribution < 1.29 is 9.53 Å². The van der Waals surface area contributed by atoms with Gasteiger partial charge in [0.1, 0.15) is 5.75 Å². The zero-order valence-corrected chi connectivity index (χ0v) is 19.4. The van der Waals surface area contributed by atoms with Gasteiger partial charge >= 0.3 is 0 Å². The highest BCUT2D eigenvalue weighted by Gasteiger charge is 2.25. The van der Waals surface area contributed by atoms with Crippen molar-refractivity contribution in [1.29, 1.82) is 0 Å². The largest absolute Gasteiger partial charge is 0.496 e. The molecule has 1 unspecified atom stereocenters. The first kappa shape index (κ1) is 22.6. The number of hydrogen-bond donors (Lipinski definition) is 1. The zero-order chi connectivity index (χ0) is 22.3. The highest BCUT2D eigenvalue weighted by atomic mass is 16.5. The van der Waals surface area contributed by atoms with Crippen LogP contribution in [0.25, 0.3) is 0 Å². The molecule has 1 amide bonds. The van der Waals surface area contributed by atoms with Gasteiger partial charge < -0.3 is 15.0 Å². The average Bonchev–Trinajstić information content (AvgIpc) is 3.19. The van der Waals surface area contributed by atoms with Crippen LogP contribution in [0.3, 0.4) is 0 Å². The number of aryl methyl sites for hydroxylation is 1. The van der Waals surface area contributed by atoms with Crippen LogP contribution < -0.4 is 10.1 Å². The predicted octanol–water partition coefficient (Wildman–Crippen LogP) is 3.97. The van der Waals surface area contributed by atoms with Crippen LogP contribution in [0.1, 0.15) is 53.7 Å². The van der Waals surface area contributed by atoms with Gasteiger partial charge in [-0.15, -0.1) is 0 Å². The topological polar surface area (TPSA) is 59.4 Å². The third kappa shape index (κ3) is 5.80. The van der Waals surface area contributed by atoms with E-state index in [1.165, 1.54) is 38.6 Å². The lowest BCUT2D eigenvalue weighted by atomic mass is 9.89. The molecule has 1 fully saturated rings. The van der Waals surface area contributed by atoms with Crippen LogP contribution in [0.15, 0.2) is 42.6 Å². The maximum atomic E-state index is 12.9. The van der Waals surface area contributed by atoms with E-state index in [2.05, 4.69) is 27.5 Å². The minimum absolute atomic E-state index is 0.0678. The van der Waals surface area contributed by atoms with E-state index in [4.69, 9.17) is 4.74 Å². The number of nitrogens with zero attached hydrogens (tertiary/aromatic N) is 3. The van der Waals surface area contributed by atoms with E-state index in [1.54, 1.807) is 11.8 Å². The summed E-state index contributed by atoms with van der Waals surface area (Å²) in [6.45, 7) is 3.99. The fourth-order valence-corrected chi connectivity index (χ4v) is 5.03. The molecule has 6 heteroatoms. The van der Waals surface area contributed by atoms with Gasteiger partial charge in [0, 0.05) is 31.9 Å². The summed E-state index contributed by atoms with van der Waals surface area (Å²) in [6, 6.07) is 7.77. The van der Waals surface area contributed by atoms with E-state index in [-0.39, 0.29) is 5.91 Å². The Balaban J connectivity index is 1.30. The molecule has 1 saturated heterocycles. The summed E-state index contributed by atoms with van der Waals surface area (Å²) in [7, 11) is 3.54. The van der Waals surface area contributed by atoms with Gasteiger partial charge in [-0.3, -0.25) is 9.48 Å². The smallest absolute Gasteiger partial charge is 0.255 e. The first-order valence-electron chi connectivity index (χ1n) is 11.9. The second-order valence-corrected chi connectivity index (χ2v) is 9.26. The van der Waals surface area contributed by atoms with Gasteiger partial charge in [0.05, 0.1) is 18.4 Å². The van der Waals surface area contributed by atoms with Gasteiger partial charge in [0.2, 0.25) is 0 Å². The van der Waals surface area contributed by atoms with Crippen molar-refractivity contribution in [3.05, 3.63) is 59.4 Å². The molecular weight excluding hydrogens is 400 g/mol. The molecule has 2 aromatic rings. The molecule has 6 nitrogen and oxygen atoms in total. The maximum Gasteiger partial charge on any atom is 0.255 e. The fraction of sp³-hybridized carbons (Fsp3) is 0.538. The van der Waals surface area contributed by atoms with Crippen molar-refractivity contribution in [2.75, 3.05) is 26.7 Å². The van der Waals surface area contributed by atoms with Crippen LogP contribution in [0, 0.1) is 11.8 Å². The number of amides is 1. The average molecular weight is 437 g/mol. The Labute approximate surface area is 191 Å². The number of methoxy groups -OCH3 is 1. The number of piperidine rings is 1. The quantitative estimate of drug-likeness (QED) is 0.636. The number of benzene rings is 1. The second kappa shape index (κ2) is 10.8. The fourth-order valence-electron chi connectivity index (χ4n) is 5.03. The van der Waals surface area contributed by atoms with E-state index in [9.17, 15) is 4.79 Å². The van der Waals surface area contributed by atoms with Gasteiger partial charge in [-0.25, -0.2) is 0 Å². The van der Waals surface area contributed by atoms with Gasteiger partial charge in [0.25, 0.3) is 5.91 Å². The number of ether oxygens (including phenoxy) is 1. The Morgan fingerprint density at radius 3 is 2.72 bits per heavy atom. The predicted molar refractivity (Wildman–Crippen MR) is 127 cm³/mol. The molecule has 1 atom stereocenters. The first-order valence-corrected chi connectivity index (χ1v) is 11.9. The number of para-hydroxylation sites is 1. The van der Waals surface area contributed by atoms with Crippen molar-refractivity contribution in [2.24, 2.45) is 18.9 Å². The maximum absolute atomic E-state index is 12.9. The SMILES string of the molecule is COc1ccccc1CNC(=O)c1cn(C)nc1CC1CCN(CC2CC=CCC2)CC1. The molecule has 0 saturated carbocycles. The van der Waals surface area contributed by atoms with Crippen LogP contribution in [0.2, 0.25) is 0 Å². The summed E-state index contributed by atoms with van der Waals surface area (Å²) in [6.07, 6.45) is 13.6. The minimum Gasteiger partial charge on any atom is -0.496 e. The normalized spacial score (nSPS) is 19.8. The van der Waals surface area contributed by atoms with Crippen LogP contribution in [0.4, 0.5) is 0 Å². The van der Waals surface area contributed by atoms with Gasteiger partial charge in [-0.1, -0.05) is 30.4 Å². The molecule has 0 radical (unpaired) electrons. The van der Waals surface area contributed by atoms with Gasteiger partial charge in [-0.2, -0.15) is 5.10 Å². The van der Waals surface area contributed by atoms with Crippen molar-refractivity contribution in [1.82, 2.24) is 20.0 Å². The van der Waals surface area contributed by atoms with E-state index in [1.807, 2.05) is 37.5 Å². The minimum atomic E-state index is -0.0678. The van der Waals surface area contributed by atoms with E-state index in [0.717, 1.165) is 42.4 Å². The Morgan fingerprint density at radius 2 is 1.97 bits per heavy atom. The molecule has 172 valence electrons. The molecule has 2 aliphatic rings. The molecular formula is C26H36N4O2. The number of carbonyl (C=O) groups is 1. The highest BCUT2D eigenvalue weighted by molar-refractivity contribution is 5.95. The lowest BCUT2D eigenvalue weighted by molar-refractivity contribution is 0.0949. The van der Waals surface area contributed by atoms with Crippen LogP contribution in [-0.2, 0) is 20.0 Å². The summed E-state index contributed by atoms with van der Waals surface area (Å²) < 4.78 is 7.16. The molecule has 4 rings (SSSR count). The summed E-state index contributed by atoms with van der Waals surface area (Å²) in [5.41, 5.74) is 2.58. The number of carbonyl (C=O) groups excluding carboxylic acids is 1. The van der Waals surface area contributed by atoms with E-state index >= 15 is 0 Å². The number of allylic oxidation sites excluding steroid dienone is 2. The van der Waals surface area contributed by atoms with Crippen molar-refractivity contribution in [2.45, 2.75) is 45.1 Å². The van der Waals surface area contributed by atoms with Crippen LogP contribution in [-0.4, -0.2) is 47.3 Å². The number of aromatic nitrogens is 2. The van der Waals surface area contributed by atoms with E-state index < -0.39 is 0 Å². The third-order valence-electron chi connectivity index (χ3n) is 6.87. The molecule has 1 N–H and O–H groups in total. The molecule has 1 aliphatic heterocycles. The van der Waals surface area contributed by atoms with E-state index in [0.29, 0.717) is 18.0 Å². The van der Waals surface area contributed by atoms with Crippen LogP contribution >= 0.6 is 0 Å². The summed E-state index contributed by atoms with van der Waals surface area (Å²) in [5.74, 6) is 2.14. The molecule has 1 aromatic heterocycles. The summed E-state index contributed by atoms with van der Waals surface area (Å²) in [5, 5.41) is 7.68. The summed E-state index contributed by atoms with van der Waals surface area (Å²) in [4.78, 5) is 15.6. The molecule has 1 aromatic carbocycles. The number of rotatable bonds is 8. The van der Waals surface area contributed by atoms with Crippen molar-refractivity contribution in [3.8, 4) is 5.75 Å². The molecule has 32 heavy (non-hydrogen) atoms. The zero-order valence-electron chi connectivity index (χ0n) is 19.4. The van der Waals surface area contributed by atoms with Crippen molar-refractivity contribution in [3.63, 3.8) is 0 Å². The first-order chi connectivity index (χ1) is 15.6. The lowest BCUT2D eigenvalue weighted by Crippen LogP contribution is -2.38. The molecule has 0 bridgehead atoms. The number of likely N-dealkylation sites (tertiary alicyclic amines) is 1. The Morgan fingerprint density at radius 1 is 1.16 bits per heavy atom. The lowest BCUT2D eigenvalue weighted by Gasteiger charge is -2.34. The van der Waals surface area contributed by atoms with Crippen molar-refractivity contribution >= 4 is 5.91 Å². The third-order valence-corrected chi connectivity index (χ3v) is 6.87. The highest BCUT2D eigenvalue weighted by Crippen LogP contribution is 2.26. The van der Waals surface area contributed by atoms with Gasteiger partial charge in [-0.05, 0) is 69.5 Å². The standard InChI is InChI=1S/C26H36N4O2/c1-29-19-23(26(31)27-17-22-10-6-7-11-25(22)32-2)24(28-29)16-20-12-14-30(15-13-20)18-21-8-4-3-5-9-21/h3-4,6-7,10-11,19-21H,5,8-9,12-18H2,1-2H3,(H,27,31). The Hall–Kier alpha value is -2.60.